The lowest BCUT2D eigenvalue weighted by Gasteiger charge is -2.37. The Hall–Kier alpha value is -1.05. The van der Waals surface area contributed by atoms with Gasteiger partial charge in [-0.1, -0.05) is 77.0 Å². The second-order valence-corrected chi connectivity index (χ2v) is 8.83. The minimum absolute atomic E-state index is 0.142. The molecule has 2 saturated carbocycles. The van der Waals surface area contributed by atoms with E-state index in [2.05, 4.69) is 19.9 Å². The van der Waals surface area contributed by atoms with Crippen molar-refractivity contribution in [3.8, 4) is 0 Å². The summed E-state index contributed by atoms with van der Waals surface area (Å²) in [5, 5.41) is 0. The molecule has 0 bridgehead atoms. The topological polar surface area (TPSA) is 26.3 Å². The van der Waals surface area contributed by atoms with Crippen molar-refractivity contribution < 1.29 is 9.53 Å². The summed E-state index contributed by atoms with van der Waals surface area (Å²) in [6.45, 7) is 4.45. The van der Waals surface area contributed by atoms with E-state index < -0.39 is 0 Å². The maximum atomic E-state index is 11.9. The second kappa shape index (κ2) is 13.2. The average Bonchev–Trinajstić information content (AvgIpc) is 2.69. The van der Waals surface area contributed by atoms with Gasteiger partial charge in [-0.2, -0.15) is 0 Å². The van der Waals surface area contributed by atoms with Gasteiger partial charge in [0.2, 0.25) is 0 Å². The zero-order valence-corrected chi connectivity index (χ0v) is 17.8. The Balaban J connectivity index is 1.61. The Kier molecular flexibility index (Phi) is 10.9. The molecule has 2 fully saturated rings. The zero-order valence-electron chi connectivity index (χ0n) is 17.8. The Morgan fingerprint density at radius 1 is 0.852 bits per heavy atom. The summed E-state index contributed by atoms with van der Waals surface area (Å²) in [7, 11) is 0. The predicted octanol–water partition coefficient (Wildman–Crippen LogP) is 7.39. The molecule has 0 atom stereocenters. The van der Waals surface area contributed by atoms with E-state index in [0.717, 1.165) is 43.4 Å². The molecule has 0 amide bonds. The third-order valence-corrected chi connectivity index (χ3v) is 6.71. The fourth-order valence-electron chi connectivity index (χ4n) is 4.99. The van der Waals surface area contributed by atoms with E-state index in [1.165, 1.54) is 64.2 Å². The van der Waals surface area contributed by atoms with Crippen molar-refractivity contribution in [3.63, 3.8) is 0 Å². The highest BCUT2D eigenvalue weighted by Crippen LogP contribution is 2.41. The van der Waals surface area contributed by atoms with Gasteiger partial charge in [0.15, 0.2) is 0 Å². The lowest BCUT2D eigenvalue weighted by Crippen LogP contribution is -2.29. The molecule has 2 aliphatic rings. The Labute approximate surface area is 167 Å². The normalized spacial score (nSPS) is 29.4. The first-order valence-corrected chi connectivity index (χ1v) is 11.8. The summed E-state index contributed by atoms with van der Waals surface area (Å²) in [5.41, 5.74) is 0. The molecule has 0 spiro atoms. The number of allylic oxidation sites excluding steroid dienone is 3. The van der Waals surface area contributed by atoms with Crippen LogP contribution in [0.25, 0.3) is 0 Å². The Bertz CT molecular complexity index is 449. The molecule has 2 aliphatic carbocycles. The van der Waals surface area contributed by atoms with E-state index in [4.69, 9.17) is 4.74 Å². The van der Waals surface area contributed by atoms with Crippen LogP contribution in [0.2, 0.25) is 0 Å². The molecule has 0 unspecified atom stereocenters. The van der Waals surface area contributed by atoms with Gasteiger partial charge in [0.1, 0.15) is 6.10 Å². The standard InChI is InChI=1S/C25H42O2/c1-3-5-7-8-10-12-25(26)27-24-19-17-23(18-20-24)22-15-13-21(14-16-22)11-9-6-4-2/h7-8,10,12,21-24H,3-6,9,11,13-20H2,1-2H3/b8-7+,12-10+. The van der Waals surface area contributed by atoms with Gasteiger partial charge < -0.3 is 4.74 Å². The number of rotatable bonds is 10. The average molecular weight is 375 g/mol. The lowest BCUT2D eigenvalue weighted by molar-refractivity contribution is -0.145. The van der Waals surface area contributed by atoms with Crippen LogP contribution < -0.4 is 0 Å². The monoisotopic (exact) mass is 374 g/mol. The van der Waals surface area contributed by atoms with Gasteiger partial charge >= 0.3 is 5.97 Å². The molecule has 2 rings (SSSR count). The maximum Gasteiger partial charge on any atom is 0.331 e. The summed E-state index contributed by atoms with van der Waals surface area (Å²) in [4.78, 5) is 11.9. The van der Waals surface area contributed by atoms with Crippen molar-refractivity contribution in [1.82, 2.24) is 0 Å². The van der Waals surface area contributed by atoms with Crippen molar-refractivity contribution >= 4 is 5.97 Å². The lowest BCUT2D eigenvalue weighted by atomic mass is 9.70. The van der Waals surface area contributed by atoms with Gasteiger partial charge in [-0.25, -0.2) is 4.79 Å². The molecular weight excluding hydrogens is 332 g/mol. The minimum Gasteiger partial charge on any atom is -0.459 e. The van der Waals surface area contributed by atoms with Crippen LogP contribution in [-0.2, 0) is 9.53 Å². The molecule has 154 valence electrons. The van der Waals surface area contributed by atoms with Crippen LogP contribution in [0.3, 0.4) is 0 Å². The predicted molar refractivity (Wildman–Crippen MR) is 115 cm³/mol. The van der Waals surface area contributed by atoms with E-state index in [1.807, 2.05) is 12.2 Å². The van der Waals surface area contributed by atoms with Gasteiger partial charge in [-0.3, -0.25) is 0 Å². The molecule has 0 saturated heterocycles. The van der Waals surface area contributed by atoms with Gasteiger partial charge in [-0.05, 0) is 62.7 Å². The molecule has 0 aromatic heterocycles. The van der Waals surface area contributed by atoms with Crippen LogP contribution in [0, 0.1) is 17.8 Å². The van der Waals surface area contributed by atoms with Crippen LogP contribution in [0.5, 0.6) is 0 Å². The van der Waals surface area contributed by atoms with E-state index in [1.54, 1.807) is 6.08 Å². The third-order valence-electron chi connectivity index (χ3n) is 6.71. The molecule has 0 heterocycles. The number of carbonyl (C=O) groups excluding carboxylic acids is 1. The molecule has 2 nitrogen and oxygen atoms in total. The molecule has 0 N–H and O–H groups in total. The van der Waals surface area contributed by atoms with E-state index in [9.17, 15) is 4.79 Å². The highest BCUT2D eigenvalue weighted by molar-refractivity contribution is 5.82. The Morgan fingerprint density at radius 3 is 2.15 bits per heavy atom. The SMILES string of the molecule is CCC/C=C/C=C/C(=O)OC1CCC(C2CCC(CCCCC)CC2)CC1. The fourth-order valence-corrected chi connectivity index (χ4v) is 4.99. The first kappa shape index (κ1) is 22.2. The van der Waals surface area contributed by atoms with Gasteiger partial charge in [-0.15, -0.1) is 0 Å². The van der Waals surface area contributed by atoms with Crippen LogP contribution >= 0.6 is 0 Å². The van der Waals surface area contributed by atoms with Crippen LogP contribution in [0.15, 0.2) is 24.3 Å². The molecule has 0 aromatic carbocycles. The fraction of sp³-hybridized carbons (Fsp3) is 0.800. The smallest absolute Gasteiger partial charge is 0.331 e. The molecule has 0 aromatic rings. The van der Waals surface area contributed by atoms with E-state index >= 15 is 0 Å². The van der Waals surface area contributed by atoms with Crippen LogP contribution in [0.4, 0.5) is 0 Å². The summed E-state index contributed by atoms with van der Waals surface area (Å²) in [5.74, 6) is 2.65. The molecule has 27 heavy (non-hydrogen) atoms. The molecule has 2 heteroatoms. The summed E-state index contributed by atoms with van der Waals surface area (Å²) in [6, 6.07) is 0. The number of esters is 1. The summed E-state index contributed by atoms with van der Waals surface area (Å²) >= 11 is 0. The van der Waals surface area contributed by atoms with E-state index in [0.29, 0.717) is 0 Å². The van der Waals surface area contributed by atoms with Crippen LogP contribution in [-0.4, -0.2) is 12.1 Å². The molecule has 0 radical (unpaired) electrons. The van der Waals surface area contributed by atoms with Crippen molar-refractivity contribution in [2.45, 2.75) is 110 Å². The Morgan fingerprint density at radius 2 is 1.52 bits per heavy atom. The first-order chi connectivity index (χ1) is 13.2. The van der Waals surface area contributed by atoms with Gasteiger partial charge in [0.25, 0.3) is 0 Å². The minimum atomic E-state index is -0.174. The number of ether oxygens (including phenoxy) is 1. The van der Waals surface area contributed by atoms with Crippen molar-refractivity contribution in [3.05, 3.63) is 24.3 Å². The van der Waals surface area contributed by atoms with Crippen molar-refractivity contribution in [1.29, 1.82) is 0 Å². The first-order valence-electron chi connectivity index (χ1n) is 11.8. The highest BCUT2D eigenvalue weighted by atomic mass is 16.5. The largest absolute Gasteiger partial charge is 0.459 e. The summed E-state index contributed by atoms with van der Waals surface area (Å²) < 4.78 is 5.65. The van der Waals surface area contributed by atoms with E-state index in [-0.39, 0.29) is 12.1 Å². The molecular formula is C25H42O2. The van der Waals surface area contributed by atoms with Crippen molar-refractivity contribution in [2.75, 3.05) is 0 Å². The van der Waals surface area contributed by atoms with Gasteiger partial charge in [0.05, 0.1) is 0 Å². The summed E-state index contributed by atoms with van der Waals surface area (Å²) in [6.07, 6.45) is 25.8. The second-order valence-electron chi connectivity index (χ2n) is 8.83. The number of hydrogen-bond acceptors (Lipinski definition) is 2. The third kappa shape index (κ3) is 8.66. The van der Waals surface area contributed by atoms with Crippen molar-refractivity contribution in [2.24, 2.45) is 17.8 Å². The quantitative estimate of drug-likeness (QED) is 0.172. The number of hydrogen-bond donors (Lipinski definition) is 0. The number of unbranched alkanes of at least 4 members (excludes halogenated alkanes) is 3. The molecule has 0 aliphatic heterocycles. The van der Waals surface area contributed by atoms with Crippen LogP contribution in [0.1, 0.15) is 104 Å². The van der Waals surface area contributed by atoms with Gasteiger partial charge in [0, 0.05) is 6.08 Å². The zero-order chi connectivity index (χ0) is 19.3. The highest BCUT2D eigenvalue weighted by Gasteiger charge is 2.31. The number of carbonyl (C=O) groups is 1. The maximum absolute atomic E-state index is 11.9.